The van der Waals surface area contributed by atoms with Crippen LogP contribution in [-0.4, -0.2) is 20.1 Å². The molecular formula is C10H12ClN3. The first kappa shape index (κ1) is 10.8. The minimum absolute atomic E-state index is 0.549. The number of nitrogens with zero attached hydrogens (tertiary/aromatic N) is 2. The summed E-state index contributed by atoms with van der Waals surface area (Å²) in [6.07, 6.45) is 0. The molecule has 1 rings (SSSR count). The van der Waals surface area contributed by atoms with Crippen LogP contribution < -0.4 is 10.6 Å². The van der Waals surface area contributed by atoms with Gasteiger partial charge in [0.1, 0.15) is 6.07 Å². The topological polar surface area (TPSA) is 53.0 Å². The van der Waals surface area contributed by atoms with Crippen LogP contribution in [0.4, 0.5) is 5.69 Å². The first-order valence-electron chi connectivity index (χ1n) is 4.30. The molecule has 74 valence electrons. The molecule has 0 unspecified atom stereocenters. The standard InChI is InChI=1S/C10H12ClN3/c1-14(5-4-12)10-6-9(11)3-2-8(10)7-13/h2-3,6H,4-5,12H2,1H3. The highest BCUT2D eigenvalue weighted by atomic mass is 35.5. The summed E-state index contributed by atoms with van der Waals surface area (Å²) in [5.41, 5.74) is 6.88. The van der Waals surface area contributed by atoms with Crippen molar-refractivity contribution >= 4 is 17.3 Å². The summed E-state index contributed by atoms with van der Waals surface area (Å²) < 4.78 is 0. The third-order valence-corrected chi connectivity index (χ3v) is 2.19. The Balaban J connectivity index is 3.05. The molecule has 0 fully saturated rings. The van der Waals surface area contributed by atoms with Crippen LogP contribution in [0.5, 0.6) is 0 Å². The van der Waals surface area contributed by atoms with Gasteiger partial charge in [-0.2, -0.15) is 5.26 Å². The van der Waals surface area contributed by atoms with Gasteiger partial charge in [0.05, 0.1) is 11.3 Å². The van der Waals surface area contributed by atoms with Gasteiger partial charge >= 0.3 is 0 Å². The third-order valence-electron chi connectivity index (χ3n) is 1.96. The van der Waals surface area contributed by atoms with Crippen molar-refractivity contribution < 1.29 is 0 Å². The Kier molecular flexibility index (Phi) is 3.75. The molecule has 0 aliphatic heterocycles. The highest BCUT2D eigenvalue weighted by Gasteiger charge is 2.06. The van der Waals surface area contributed by atoms with Gasteiger partial charge in [0.25, 0.3) is 0 Å². The predicted octanol–water partition coefficient (Wildman–Crippen LogP) is 1.61. The molecule has 0 radical (unpaired) electrons. The molecule has 2 N–H and O–H groups in total. The first-order valence-corrected chi connectivity index (χ1v) is 4.67. The zero-order valence-electron chi connectivity index (χ0n) is 8.00. The monoisotopic (exact) mass is 209 g/mol. The molecule has 0 aromatic heterocycles. The van der Waals surface area contributed by atoms with E-state index in [1.165, 1.54) is 0 Å². The number of halogens is 1. The maximum absolute atomic E-state index is 8.88. The Hall–Kier alpha value is -1.24. The molecule has 0 saturated heterocycles. The van der Waals surface area contributed by atoms with E-state index >= 15 is 0 Å². The molecule has 1 aromatic carbocycles. The van der Waals surface area contributed by atoms with Gasteiger partial charge in [0.15, 0.2) is 0 Å². The van der Waals surface area contributed by atoms with Gasteiger partial charge in [-0.15, -0.1) is 0 Å². The highest BCUT2D eigenvalue weighted by molar-refractivity contribution is 6.30. The third kappa shape index (κ3) is 2.38. The fraction of sp³-hybridized carbons (Fsp3) is 0.300. The van der Waals surface area contributed by atoms with Crippen molar-refractivity contribution in [1.82, 2.24) is 0 Å². The van der Waals surface area contributed by atoms with Crippen LogP contribution in [0, 0.1) is 11.3 Å². The first-order chi connectivity index (χ1) is 6.69. The van der Waals surface area contributed by atoms with Crippen LogP contribution in [0.1, 0.15) is 5.56 Å². The number of benzene rings is 1. The second-order valence-electron chi connectivity index (χ2n) is 2.98. The average Bonchev–Trinajstić information content (AvgIpc) is 2.18. The molecule has 1 aromatic rings. The summed E-state index contributed by atoms with van der Waals surface area (Å²) in [5, 5.41) is 9.50. The van der Waals surface area contributed by atoms with E-state index in [1.807, 2.05) is 11.9 Å². The Morgan fingerprint density at radius 1 is 1.57 bits per heavy atom. The van der Waals surface area contributed by atoms with Crippen molar-refractivity contribution in [2.75, 3.05) is 25.0 Å². The van der Waals surface area contributed by atoms with E-state index in [2.05, 4.69) is 6.07 Å². The van der Waals surface area contributed by atoms with Crippen molar-refractivity contribution in [3.05, 3.63) is 28.8 Å². The summed E-state index contributed by atoms with van der Waals surface area (Å²) in [7, 11) is 1.89. The molecule has 0 bridgehead atoms. The quantitative estimate of drug-likeness (QED) is 0.823. The lowest BCUT2D eigenvalue weighted by Gasteiger charge is -2.19. The van der Waals surface area contributed by atoms with Crippen molar-refractivity contribution in [3.63, 3.8) is 0 Å². The Labute approximate surface area is 88.7 Å². The fourth-order valence-electron chi connectivity index (χ4n) is 1.23. The van der Waals surface area contributed by atoms with Crippen LogP contribution in [-0.2, 0) is 0 Å². The minimum atomic E-state index is 0.549. The maximum Gasteiger partial charge on any atom is 0.101 e. The largest absolute Gasteiger partial charge is 0.372 e. The molecule has 0 spiro atoms. The van der Waals surface area contributed by atoms with Gasteiger partial charge in [0, 0.05) is 25.2 Å². The zero-order chi connectivity index (χ0) is 10.6. The van der Waals surface area contributed by atoms with Gasteiger partial charge in [0.2, 0.25) is 0 Å². The van der Waals surface area contributed by atoms with E-state index in [4.69, 9.17) is 22.6 Å². The summed E-state index contributed by atoms with van der Waals surface area (Å²) in [6, 6.07) is 7.32. The van der Waals surface area contributed by atoms with E-state index in [0.29, 0.717) is 23.7 Å². The molecule has 0 amide bonds. The van der Waals surface area contributed by atoms with Gasteiger partial charge < -0.3 is 10.6 Å². The highest BCUT2D eigenvalue weighted by Crippen LogP contribution is 2.22. The molecular weight excluding hydrogens is 198 g/mol. The van der Waals surface area contributed by atoms with Crippen LogP contribution in [0.3, 0.4) is 0 Å². The predicted molar refractivity (Wildman–Crippen MR) is 58.5 cm³/mol. The second-order valence-corrected chi connectivity index (χ2v) is 3.42. The number of nitrogens with two attached hydrogens (primary N) is 1. The Morgan fingerprint density at radius 2 is 2.29 bits per heavy atom. The van der Waals surface area contributed by atoms with Crippen LogP contribution in [0.15, 0.2) is 18.2 Å². The van der Waals surface area contributed by atoms with Gasteiger partial charge in [-0.3, -0.25) is 0 Å². The molecule has 0 saturated carbocycles. The molecule has 0 aliphatic carbocycles. The summed E-state index contributed by atoms with van der Waals surface area (Å²) in [5.74, 6) is 0. The van der Waals surface area contributed by atoms with Crippen molar-refractivity contribution in [3.8, 4) is 6.07 Å². The minimum Gasteiger partial charge on any atom is -0.372 e. The van der Waals surface area contributed by atoms with Crippen LogP contribution in [0.25, 0.3) is 0 Å². The SMILES string of the molecule is CN(CCN)c1cc(Cl)ccc1C#N. The maximum atomic E-state index is 8.88. The fourth-order valence-corrected chi connectivity index (χ4v) is 1.40. The molecule has 0 heterocycles. The average molecular weight is 210 g/mol. The lowest BCUT2D eigenvalue weighted by molar-refractivity contribution is 0.884. The number of anilines is 1. The number of likely N-dealkylation sites (N-methyl/N-ethyl adjacent to an activating group) is 1. The second kappa shape index (κ2) is 4.85. The van der Waals surface area contributed by atoms with Gasteiger partial charge in [-0.1, -0.05) is 11.6 Å². The van der Waals surface area contributed by atoms with E-state index in [1.54, 1.807) is 18.2 Å². The number of nitriles is 1. The van der Waals surface area contributed by atoms with Crippen LogP contribution >= 0.6 is 11.6 Å². The van der Waals surface area contributed by atoms with E-state index in [0.717, 1.165) is 5.69 Å². The van der Waals surface area contributed by atoms with Crippen molar-refractivity contribution in [2.24, 2.45) is 5.73 Å². The Morgan fingerprint density at radius 3 is 2.86 bits per heavy atom. The normalized spacial score (nSPS) is 9.57. The summed E-state index contributed by atoms with van der Waals surface area (Å²) >= 11 is 5.85. The van der Waals surface area contributed by atoms with Crippen LogP contribution in [0.2, 0.25) is 5.02 Å². The van der Waals surface area contributed by atoms with Crippen molar-refractivity contribution in [1.29, 1.82) is 5.26 Å². The van der Waals surface area contributed by atoms with Crippen molar-refractivity contribution in [2.45, 2.75) is 0 Å². The zero-order valence-corrected chi connectivity index (χ0v) is 8.75. The lowest BCUT2D eigenvalue weighted by atomic mass is 10.2. The number of rotatable bonds is 3. The van der Waals surface area contributed by atoms with E-state index < -0.39 is 0 Å². The molecule has 3 nitrogen and oxygen atoms in total. The number of hydrogen-bond donors (Lipinski definition) is 1. The molecule has 14 heavy (non-hydrogen) atoms. The summed E-state index contributed by atoms with van der Waals surface area (Å²) in [4.78, 5) is 1.92. The van der Waals surface area contributed by atoms with E-state index in [9.17, 15) is 0 Å². The number of hydrogen-bond acceptors (Lipinski definition) is 3. The molecule has 0 atom stereocenters. The molecule has 0 aliphatic rings. The Bertz CT molecular complexity index is 357. The molecule has 4 heteroatoms. The van der Waals surface area contributed by atoms with E-state index in [-0.39, 0.29) is 0 Å². The smallest absolute Gasteiger partial charge is 0.101 e. The van der Waals surface area contributed by atoms with Gasteiger partial charge in [-0.25, -0.2) is 0 Å². The van der Waals surface area contributed by atoms with Gasteiger partial charge in [-0.05, 0) is 18.2 Å². The summed E-state index contributed by atoms with van der Waals surface area (Å²) in [6.45, 7) is 1.25. The lowest BCUT2D eigenvalue weighted by Crippen LogP contribution is -2.25.